The molecule has 4 rings (SSSR count). The van der Waals surface area contributed by atoms with Crippen molar-refractivity contribution in [1.82, 2.24) is 5.32 Å². The second-order valence-corrected chi connectivity index (χ2v) is 8.11. The summed E-state index contributed by atoms with van der Waals surface area (Å²) in [6.45, 7) is 2.30. The van der Waals surface area contributed by atoms with Crippen LogP contribution in [-0.2, 0) is 6.54 Å². The van der Waals surface area contributed by atoms with E-state index in [1.54, 1.807) is 23.9 Å². The lowest BCUT2D eigenvalue weighted by atomic mass is 10.1. The Bertz CT molecular complexity index is 1110. The molecule has 6 heteroatoms. The van der Waals surface area contributed by atoms with Crippen LogP contribution >= 0.6 is 23.4 Å². The van der Waals surface area contributed by atoms with E-state index in [-0.39, 0.29) is 11.7 Å². The van der Waals surface area contributed by atoms with E-state index in [2.05, 4.69) is 10.6 Å². The van der Waals surface area contributed by atoms with Gasteiger partial charge in [-0.25, -0.2) is 4.39 Å². The zero-order chi connectivity index (χ0) is 20.4. The number of allylic oxidation sites excluding steroid dienone is 1. The van der Waals surface area contributed by atoms with Crippen molar-refractivity contribution < 1.29 is 9.18 Å². The molecule has 1 aliphatic heterocycles. The molecule has 1 aliphatic rings. The molecule has 0 atom stereocenters. The van der Waals surface area contributed by atoms with Crippen LogP contribution in [0.1, 0.15) is 28.4 Å². The van der Waals surface area contributed by atoms with Crippen LogP contribution in [0.15, 0.2) is 76.5 Å². The van der Waals surface area contributed by atoms with Gasteiger partial charge in [-0.1, -0.05) is 41.6 Å². The van der Waals surface area contributed by atoms with Crippen molar-refractivity contribution in [2.75, 3.05) is 5.32 Å². The van der Waals surface area contributed by atoms with Gasteiger partial charge in [0.1, 0.15) is 5.82 Å². The van der Waals surface area contributed by atoms with Gasteiger partial charge in [0.05, 0.1) is 5.69 Å². The van der Waals surface area contributed by atoms with Gasteiger partial charge in [-0.05, 0) is 61.0 Å². The molecule has 0 bridgehead atoms. The molecule has 3 aromatic rings. The first-order chi connectivity index (χ1) is 14.0. The molecule has 146 valence electrons. The highest BCUT2D eigenvalue weighted by Gasteiger charge is 2.19. The molecule has 2 N–H and O–H groups in total. The maximum Gasteiger partial charge on any atom is 0.251 e. The van der Waals surface area contributed by atoms with Crippen LogP contribution in [0.4, 0.5) is 10.1 Å². The Morgan fingerprint density at radius 1 is 1.10 bits per heavy atom. The third-order valence-electron chi connectivity index (χ3n) is 4.62. The van der Waals surface area contributed by atoms with Gasteiger partial charge in [0.25, 0.3) is 5.91 Å². The van der Waals surface area contributed by atoms with Gasteiger partial charge in [-0.2, -0.15) is 0 Å². The fraction of sp³-hybridized carbons (Fsp3) is 0.0870. The predicted octanol–water partition coefficient (Wildman–Crippen LogP) is 6.35. The van der Waals surface area contributed by atoms with E-state index in [0.717, 1.165) is 32.3 Å². The second kappa shape index (κ2) is 8.31. The Balaban J connectivity index is 1.56. The Morgan fingerprint density at radius 3 is 2.62 bits per heavy atom. The minimum Gasteiger partial charge on any atom is -0.354 e. The number of carbonyl (C=O) groups is 1. The lowest BCUT2D eigenvalue weighted by Crippen LogP contribution is -2.22. The lowest BCUT2D eigenvalue weighted by molar-refractivity contribution is 0.0951. The van der Waals surface area contributed by atoms with E-state index in [9.17, 15) is 9.18 Å². The standard InChI is InChI=1S/C23H18ClFN2OS/c1-2-19-18-12-16(24)6-10-21(18)29-22-9-5-15(11-20(22)27-19)23(28)26-13-14-3-7-17(25)8-4-14/h2-12,27H,13H2,1H3,(H,26,28). The number of halogens is 2. The summed E-state index contributed by atoms with van der Waals surface area (Å²) < 4.78 is 13.0. The molecule has 0 fully saturated rings. The van der Waals surface area contributed by atoms with Crippen molar-refractivity contribution >= 4 is 40.7 Å². The summed E-state index contributed by atoms with van der Waals surface area (Å²) in [5, 5.41) is 6.98. The van der Waals surface area contributed by atoms with Gasteiger partial charge < -0.3 is 10.6 Å². The van der Waals surface area contributed by atoms with Crippen LogP contribution in [0.3, 0.4) is 0 Å². The molecule has 0 unspecified atom stereocenters. The van der Waals surface area contributed by atoms with Crippen molar-refractivity contribution in [2.24, 2.45) is 0 Å². The van der Waals surface area contributed by atoms with Crippen LogP contribution in [0.2, 0.25) is 5.02 Å². The molecule has 1 heterocycles. The molecule has 1 amide bonds. The zero-order valence-corrected chi connectivity index (χ0v) is 17.2. The van der Waals surface area contributed by atoms with Gasteiger partial charge in [-0.3, -0.25) is 4.79 Å². The normalized spacial score (nSPS) is 13.8. The molecule has 0 aromatic heterocycles. The highest BCUT2D eigenvalue weighted by Crippen LogP contribution is 2.43. The maximum absolute atomic E-state index is 13.0. The first kappa shape index (κ1) is 19.6. The third-order valence-corrected chi connectivity index (χ3v) is 6.00. The minimum absolute atomic E-state index is 0.184. The van der Waals surface area contributed by atoms with E-state index in [1.165, 1.54) is 12.1 Å². The quantitative estimate of drug-likeness (QED) is 0.515. The summed E-state index contributed by atoms with van der Waals surface area (Å²) in [6.07, 6.45) is 1.99. The summed E-state index contributed by atoms with van der Waals surface area (Å²) in [5.74, 6) is -0.479. The number of amides is 1. The first-order valence-electron chi connectivity index (χ1n) is 9.11. The van der Waals surface area contributed by atoms with Gasteiger partial charge in [0.15, 0.2) is 0 Å². The molecule has 0 spiro atoms. The third kappa shape index (κ3) is 4.31. The summed E-state index contributed by atoms with van der Waals surface area (Å²) in [6, 6.07) is 17.5. The summed E-state index contributed by atoms with van der Waals surface area (Å²) >= 11 is 7.82. The maximum atomic E-state index is 13.0. The van der Waals surface area contributed by atoms with Gasteiger partial charge in [0.2, 0.25) is 0 Å². The van der Waals surface area contributed by atoms with Gasteiger partial charge in [-0.15, -0.1) is 0 Å². The summed E-state index contributed by atoms with van der Waals surface area (Å²) in [5.41, 5.74) is 4.23. The van der Waals surface area contributed by atoms with Crippen LogP contribution in [-0.4, -0.2) is 5.91 Å². The monoisotopic (exact) mass is 424 g/mol. The van der Waals surface area contributed by atoms with E-state index < -0.39 is 0 Å². The fourth-order valence-electron chi connectivity index (χ4n) is 3.10. The number of hydrogen-bond acceptors (Lipinski definition) is 3. The predicted molar refractivity (Wildman–Crippen MR) is 117 cm³/mol. The lowest BCUT2D eigenvalue weighted by Gasteiger charge is -2.12. The Hall–Kier alpha value is -2.76. The van der Waals surface area contributed by atoms with Crippen LogP contribution < -0.4 is 10.6 Å². The molecule has 0 radical (unpaired) electrons. The number of anilines is 1. The summed E-state index contributed by atoms with van der Waals surface area (Å²) in [4.78, 5) is 14.7. The van der Waals surface area contributed by atoms with E-state index in [4.69, 9.17) is 11.6 Å². The average molecular weight is 425 g/mol. The average Bonchev–Trinajstić information content (AvgIpc) is 2.88. The highest BCUT2D eigenvalue weighted by atomic mass is 35.5. The number of fused-ring (bicyclic) bond motifs is 2. The molecular formula is C23H18ClFN2OS. The Labute approximate surface area is 178 Å². The first-order valence-corrected chi connectivity index (χ1v) is 10.3. The number of nitrogens with one attached hydrogen (secondary N) is 2. The molecule has 0 saturated carbocycles. The van der Waals surface area contributed by atoms with Gasteiger partial charge >= 0.3 is 0 Å². The van der Waals surface area contributed by atoms with E-state index >= 15 is 0 Å². The molecule has 3 nitrogen and oxygen atoms in total. The van der Waals surface area contributed by atoms with Gasteiger partial charge in [0, 0.05) is 38.2 Å². The van der Waals surface area contributed by atoms with Crippen molar-refractivity contribution in [3.63, 3.8) is 0 Å². The van der Waals surface area contributed by atoms with Crippen molar-refractivity contribution in [3.05, 3.63) is 94.3 Å². The smallest absolute Gasteiger partial charge is 0.251 e. The topological polar surface area (TPSA) is 41.1 Å². The highest BCUT2D eigenvalue weighted by molar-refractivity contribution is 7.99. The van der Waals surface area contributed by atoms with Crippen molar-refractivity contribution in [2.45, 2.75) is 23.3 Å². The number of carbonyl (C=O) groups excluding carboxylic acids is 1. The van der Waals surface area contributed by atoms with Crippen LogP contribution in [0.5, 0.6) is 0 Å². The minimum atomic E-state index is -0.295. The summed E-state index contributed by atoms with van der Waals surface area (Å²) in [7, 11) is 0. The molecular weight excluding hydrogens is 407 g/mol. The van der Waals surface area contributed by atoms with E-state index in [1.807, 2.05) is 49.4 Å². The Morgan fingerprint density at radius 2 is 1.86 bits per heavy atom. The number of hydrogen-bond donors (Lipinski definition) is 2. The second-order valence-electron chi connectivity index (χ2n) is 6.59. The van der Waals surface area contributed by atoms with Crippen LogP contribution in [0, 0.1) is 5.82 Å². The fourth-order valence-corrected chi connectivity index (χ4v) is 4.28. The molecule has 29 heavy (non-hydrogen) atoms. The largest absolute Gasteiger partial charge is 0.354 e. The molecule has 0 saturated heterocycles. The van der Waals surface area contributed by atoms with Crippen LogP contribution in [0.25, 0.3) is 5.70 Å². The molecule has 0 aliphatic carbocycles. The van der Waals surface area contributed by atoms with Crippen molar-refractivity contribution in [3.8, 4) is 0 Å². The van der Waals surface area contributed by atoms with E-state index in [0.29, 0.717) is 17.1 Å². The number of benzene rings is 3. The Kier molecular flexibility index (Phi) is 5.60. The zero-order valence-electron chi connectivity index (χ0n) is 15.6. The number of rotatable bonds is 3. The SMILES string of the molecule is CC=C1Nc2cc(C(=O)NCc3ccc(F)cc3)ccc2Sc2ccc(Cl)cc21. The molecule has 3 aromatic carbocycles. The van der Waals surface area contributed by atoms with Crippen molar-refractivity contribution in [1.29, 1.82) is 0 Å².